The standard InChI is InChI=1S/C30H32FN5O3/c1-19(22-6-5-7-23(31)16-22)33-26-12-13-27-32-17-25(36(27)34-26)21-8-10-24(11-9-21)35-18-20(14-28(35)37)15-29(38)39-30(2,3)4/h5-13,16-17,19-20H,14-15,18H2,1-4H3,(H,33,34)/t19-,20-/m1/s1. The number of benzene rings is 2. The fraction of sp³-hybridized carbons (Fsp3) is 0.333. The van der Waals surface area contributed by atoms with Gasteiger partial charge in [0.1, 0.15) is 17.2 Å². The van der Waals surface area contributed by atoms with Crippen LogP contribution in [-0.2, 0) is 14.3 Å². The molecule has 8 nitrogen and oxygen atoms in total. The lowest BCUT2D eigenvalue weighted by atomic mass is 10.0. The van der Waals surface area contributed by atoms with E-state index >= 15 is 0 Å². The number of rotatable bonds is 7. The molecule has 0 bridgehead atoms. The number of anilines is 2. The minimum Gasteiger partial charge on any atom is -0.460 e. The molecule has 9 heteroatoms. The summed E-state index contributed by atoms with van der Waals surface area (Å²) in [7, 11) is 0. The monoisotopic (exact) mass is 529 g/mol. The van der Waals surface area contributed by atoms with Gasteiger partial charge in [-0.25, -0.2) is 13.9 Å². The highest BCUT2D eigenvalue weighted by Gasteiger charge is 2.33. The molecule has 0 aliphatic carbocycles. The summed E-state index contributed by atoms with van der Waals surface area (Å²) in [4.78, 5) is 31.1. The van der Waals surface area contributed by atoms with Gasteiger partial charge in [0.25, 0.3) is 0 Å². The van der Waals surface area contributed by atoms with Crippen LogP contribution in [-0.4, -0.2) is 38.6 Å². The largest absolute Gasteiger partial charge is 0.460 e. The number of carbonyl (C=O) groups is 2. The Morgan fingerprint density at radius 1 is 1.15 bits per heavy atom. The Balaban J connectivity index is 1.30. The third kappa shape index (κ3) is 6.08. The van der Waals surface area contributed by atoms with E-state index < -0.39 is 5.60 Å². The molecule has 1 aliphatic rings. The molecule has 4 aromatic rings. The van der Waals surface area contributed by atoms with E-state index in [4.69, 9.17) is 9.84 Å². The van der Waals surface area contributed by atoms with Crippen molar-refractivity contribution in [3.8, 4) is 11.3 Å². The predicted octanol–water partition coefficient (Wildman–Crippen LogP) is 5.79. The number of amides is 1. The number of nitrogens with zero attached hydrogens (tertiary/aromatic N) is 4. The summed E-state index contributed by atoms with van der Waals surface area (Å²) in [5.74, 6) is -0.00341. The van der Waals surface area contributed by atoms with Gasteiger partial charge in [-0.3, -0.25) is 9.59 Å². The number of hydrogen-bond acceptors (Lipinski definition) is 6. The van der Waals surface area contributed by atoms with Crippen molar-refractivity contribution in [1.82, 2.24) is 14.6 Å². The molecule has 1 aliphatic heterocycles. The Bertz CT molecular complexity index is 1510. The van der Waals surface area contributed by atoms with Gasteiger partial charge in [-0.1, -0.05) is 24.3 Å². The predicted molar refractivity (Wildman–Crippen MR) is 148 cm³/mol. The SMILES string of the molecule is C[C@@H](Nc1ccc2ncc(-c3ccc(N4C[C@@H](CC(=O)OC(C)(C)C)CC4=O)cc3)n2n1)c1cccc(F)c1. The van der Waals surface area contributed by atoms with Crippen LogP contribution in [0.25, 0.3) is 16.9 Å². The average molecular weight is 530 g/mol. The molecule has 3 heterocycles. The van der Waals surface area contributed by atoms with Crippen LogP contribution in [0.5, 0.6) is 0 Å². The number of nitrogens with one attached hydrogen (secondary N) is 1. The van der Waals surface area contributed by atoms with Crippen LogP contribution in [0.15, 0.2) is 66.9 Å². The van der Waals surface area contributed by atoms with E-state index in [2.05, 4.69) is 10.3 Å². The van der Waals surface area contributed by atoms with Crippen LogP contribution >= 0.6 is 0 Å². The van der Waals surface area contributed by atoms with Crippen molar-refractivity contribution in [3.05, 3.63) is 78.2 Å². The van der Waals surface area contributed by atoms with Crippen LogP contribution in [0.4, 0.5) is 15.9 Å². The Kier molecular flexibility index (Phi) is 7.08. The van der Waals surface area contributed by atoms with E-state index in [1.54, 1.807) is 21.7 Å². The maximum absolute atomic E-state index is 13.6. The Morgan fingerprint density at radius 3 is 2.64 bits per heavy atom. The molecule has 0 unspecified atom stereocenters. The van der Waals surface area contributed by atoms with Crippen molar-refractivity contribution in [1.29, 1.82) is 0 Å². The number of fused-ring (bicyclic) bond motifs is 1. The Morgan fingerprint density at radius 2 is 1.92 bits per heavy atom. The molecule has 0 radical (unpaired) electrons. The van der Waals surface area contributed by atoms with E-state index in [0.717, 1.165) is 22.5 Å². The minimum absolute atomic E-state index is 0.00379. The normalized spacial score (nSPS) is 16.5. The third-order valence-corrected chi connectivity index (χ3v) is 6.63. The van der Waals surface area contributed by atoms with Gasteiger partial charge < -0.3 is 15.0 Å². The summed E-state index contributed by atoms with van der Waals surface area (Å²) in [6.07, 6.45) is 2.30. The second-order valence-electron chi connectivity index (χ2n) is 11.0. The quantitative estimate of drug-likeness (QED) is 0.305. The lowest BCUT2D eigenvalue weighted by Crippen LogP contribution is -2.27. The number of ether oxygens (including phenoxy) is 1. The van der Waals surface area contributed by atoms with Crippen molar-refractivity contribution in [2.24, 2.45) is 5.92 Å². The van der Waals surface area contributed by atoms with Crippen LogP contribution in [0, 0.1) is 11.7 Å². The number of aromatic nitrogens is 3. The number of esters is 1. The van der Waals surface area contributed by atoms with Gasteiger partial charge in [0.05, 0.1) is 24.4 Å². The van der Waals surface area contributed by atoms with E-state index in [-0.39, 0.29) is 36.1 Å². The Hall–Kier alpha value is -4.27. The van der Waals surface area contributed by atoms with Gasteiger partial charge in [-0.15, -0.1) is 5.10 Å². The molecular weight excluding hydrogens is 497 g/mol. The molecule has 2 aromatic carbocycles. The minimum atomic E-state index is -0.543. The average Bonchev–Trinajstić information content (AvgIpc) is 3.45. The lowest BCUT2D eigenvalue weighted by Gasteiger charge is -2.21. The maximum atomic E-state index is 13.6. The first-order valence-corrected chi connectivity index (χ1v) is 13.1. The molecule has 2 aromatic heterocycles. The summed E-state index contributed by atoms with van der Waals surface area (Å²) < 4.78 is 20.8. The fourth-order valence-electron chi connectivity index (χ4n) is 4.83. The molecular formula is C30H32FN5O3. The highest BCUT2D eigenvalue weighted by Crippen LogP contribution is 2.30. The van der Waals surface area contributed by atoms with E-state index in [0.29, 0.717) is 24.4 Å². The zero-order valence-corrected chi connectivity index (χ0v) is 22.5. The second-order valence-corrected chi connectivity index (χ2v) is 11.0. The third-order valence-electron chi connectivity index (χ3n) is 6.63. The molecule has 1 N–H and O–H groups in total. The van der Waals surface area contributed by atoms with Gasteiger partial charge in [-0.2, -0.15) is 0 Å². The van der Waals surface area contributed by atoms with Gasteiger partial charge in [0.2, 0.25) is 5.91 Å². The summed E-state index contributed by atoms with van der Waals surface area (Å²) >= 11 is 0. The maximum Gasteiger partial charge on any atom is 0.306 e. The number of carbonyl (C=O) groups excluding carboxylic acids is 2. The summed E-state index contributed by atoms with van der Waals surface area (Å²) in [5.41, 5.74) is 3.45. The molecule has 1 amide bonds. The zero-order chi connectivity index (χ0) is 27.7. The molecule has 1 fully saturated rings. The van der Waals surface area contributed by atoms with Gasteiger partial charge in [0, 0.05) is 24.2 Å². The van der Waals surface area contributed by atoms with Crippen LogP contribution in [0.2, 0.25) is 0 Å². The first-order chi connectivity index (χ1) is 18.6. The van der Waals surface area contributed by atoms with Crippen LogP contribution in [0.3, 0.4) is 0 Å². The highest BCUT2D eigenvalue weighted by molar-refractivity contribution is 5.96. The first kappa shape index (κ1) is 26.3. The number of halogens is 1. The van der Waals surface area contributed by atoms with Crippen molar-refractivity contribution in [2.75, 3.05) is 16.8 Å². The van der Waals surface area contributed by atoms with Crippen molar-refractivity contribution in [3.63, 3.8) is 0 Å². The van der Waals surface area contributed by atoms with Crippen molar-refractivity contribution < 1.29 is 18.7 Å². The molecule has 5 rings (SSSR count). The molecule has 0 spiro atoms. The highest BCUT2D eigenvalue weighted by atomic mass is 19.1. The molecule has 0 saturated carbocycles. The van der Waals surface area contributed by atoms with Gasteiger partial charge >= 0.3 is 5.97 Å². The van der Waals surface area contributed by atoms with Crippen LogP contribution in [0.1, 0.15) is 52.1 Å². The molecule has 2 atom stereocenters. The second kappa shape index (κ2) is 10.5. The zero-order valence-electron chi connectivity index (χ0n) is 22.5. The van der Waals surface area contributed by atoms with Gasteiger partial charge in [0.15, 0.2) is 5.65 Å². The number of hydrogen-bond donors (Lipinski definition) is 1. The summed E-state index contributed by atoms with van der Waals surface area (Å²) in [6, 6.07) is 17.7. The molecule has 39 heavy (non-hydrogen) atoms. The smallest absolute Gasteiger partial charge is 0.306 e. The summed E-state index contributed by atoms with van der Waals surface area (Å²) in [6.45, 7) is 7.94. The van der Waals surface area contributed by atoms with E-state index in [9.17, 15) is 14.0 Å². The summed E-state index contributed by atoms with van der Waals surface area (Å²) in [5, 5.41) is 8.04. The van der Waals surface area contributed by atoms with Crippen LogP contribution < -0.4 is 10.2 Å². The first-order valence-electron chi connectivity index (χ1n) is 13.1. The fourth-order valence-corrected chi connectivity index (χ4v) is 4.83. The topological polar surface area (TPSA) is 88.8 Å². The van der Waals surface area contributed by atoms with E-state index in [1.165, 1.54) is 12.1 Å². The molecule has 1 saturated heterocycles. The Labute approximate surface area is 226 Å². The lowest BCUT2D eigenvalue weighted by molar-refractivity contribution is -0.155. The number of imidazole rings is 1. The van der Waals surface area contributed by atoms with Crippen molar-refractivity contribution >= 4 is 29.0 Å². The van der Waals surface area contributed by atoms with Gasteiger partial charge in [-0.05, 0) is 75.6 Å². The van der Waals surface area contributed by atoms with E-state index in [1.807, 2.05) is 70.2 Å². The molecule has 202 valence electrons. The van der Waals surface area contributed by atoms with Crippen molar-refractivity contribution in [2.45, 2.75) is 52.2 Å².